The quantitative estimate of drug-likeness (QED) is 0.460. The number of carbonyl (C=O) groups excluding carboxylic acids is 1. The van der Waals surface area contributed by atoms with E-state index in [4.69, 9.17) is 4.74 Å². The van der Waals surface area contributed by atoms with Gasteiger partial charge in [0.25, 0.3) is 0 Å². The van der Waals surface area contributed by atoms with Gasteiger partial charge in [0.1, 0.15) is 0 Å². The number of unbranched alkanes of at least 4 members (excludes halogenated alkanes) is 2. The predicted octanol–water partition coefficient (Wildman–Crippen LogP) is 4.18. The van der Waals surface area contributed by atoms with Gasteiger partial charge in [0.05, 0.1) is 12.0 Å². The zero-order chi connectivity index (χ0) is 12.6. The van der Waals surface area contributed by atoms with Gasteiger partial charge < -0.3 is 4.74 Å². The summed E-state index contributed by atoms with van der Waals surface area (Å²) in [5, 5.41) is 0. The fourth-order valence-corrected chi connectivity index (χ4v) is 1.64. The Kier molecular flexibility index (Phi) is 7.44. The van der Waals surface area contributed by atoms with Crippen LogP contribution in [0.3, 0.4) is 0 Å². The van der Waals surface area contributed by atoms with Crippen LogP contribution in [0.4, 0.5) is 0 Å². The monoisotopic (exact) mass is 228 g/mol. The van der Waals surface area contributed by atoms with Gasteiger partial charge in [-0.3, -0.25) is 4.79 Å². The van der Waals surface area contributed by atoms with Gasteiger partial charge in [-0.1, -0.05) is 40.0 Å². The average Bonchev–Trinajstić information content (AvgIpc) is 2.25. The lowest BCUT2D eigenvalue weighted by Gasteiger charge is -2.29. The van der Waals surface area contributed by atoms with E-state index < -0.39 is 0 Å². The Morgan fingerprint density at radius 3 is 2.31 bits per heavy atom. The van der Waals surface area contributed by atoms with E-state index in [1.165, 1.54) is 19.3 Å². The van der Waals surface area contributed by atoms with Crippen LogP contribution in [0.25, 0.3) is 0 Å². The lowest BCUT2D eigenvalue weighted by molar-refractivity contribution is -0.157. The second kappa shape index (κ2) is 7.70. The molecule has 0 rings (SSSR count). The van der Waals surface area contributed by atoms with E-state index in [-0.39, 0.29) is 11.4 Å². The normalized spacial score (nSPS) is 13.6. The van der Waals surface area contributed by atoms with E-state index in [1.807, 2.05) is 20.8 Å². The van der Waals surface area contributed by atoms with Gasteiger partial charge in [-0.2, -0.15) is 0 Å². The molecular weight excluding hydrogens is 200 g/mol. The minimum atomic E-state index is -0.344. The molecule has 0 aliphatic carbocycles. The summed E-state index contributed by atoms with van der Waals surface area (Å²) in [4.78, 5) is 11.9. The molecule has 0 fully saturated rings. The highest BCUT2D eigenvalue weighted by atomic mass is 16.5. The molecule has 0 N–H and O–H groups in total. The van der Waals surface area contributed by atoms with Crippen molar-refractivity contribution in [2.45, 2.75) is 66.7 Å². The molecule has 0 radical (unpaired) electrons. The molecule has 0 aliphatic heterocycles. The Bertz CT molecular complexity index is 197. The first-order valence-corrected chi connectivity index (χ1v) is 6.64. The molecule has 0 aromatic carbocycles. The summed E-state index contributed by atoms with van der Waals surface area (Å²) in [5.41, 5.74) is -0.344. The molecular formula is C14H28O2. The predicted molar refractivity (Wildman–Crippen MR) is 68.3 cm³/mol. The van der Waals surface area contributed by atoms with Crippen molar-refractivity contribution >= 4 is 5.97 Å². The lowest BCUT2D eigenvalue weighted by Crippen LogP contribution is -2.33. The maximum atomic E-state index is 11.9. The van der Waals surface area contributed by atoms with Crippen molar-refractivity contribution in [1.29, 1.82) is 0 Å². The molecule has 96 valence electrons. The first-order valence-electron chi connectivity index (χ1n) is 6.64. The largest absolute Gasteiger partial charge is 0.465 e. The lowest BCUT2D eigenvalue weighted by atomic mass is 9.77. The van der Waals surface area contributed by atoms with Crippen LogP contribution in [0.2, 0.25) is 0 Å². The molecule has 0 spiro atoms. The zero-order valence-electron chi connectivity index (χ0n) is 11.6. The third-order valence-corrected chi connectivity index (χ3v) is 3.44. The minimum absolute atomic E-state index is 0.0432. The number of carbonyl (C=O) groups is 1. The second-order valence-electron chi connectivity index (χ2n) is 5.25. The average molecular weight is 228 g/mol. The van der Waals surface area contributed by atoms with Crippen LogP contribution in [-0.4, -0.2) is 12.6 Å². The molecule has 0 aliphatic rings. The zero-order valence-corrected chi connectivity index (χ0v) is 11.6. The molecule has 1 unspecified atom stereocenters. The molecule has 2 heteroatoms. The fourth-order valence-electron chi connectivity index (χ4n) is 1.64. The van der Waals surface area contributed by atoms with E-state index in [0.29, 0.717) is 12.5 Å². The van der Waals surface area contributed by atoms with E-state index in [9.17, 15) is 4.79 Å². The molecule has 0 aromatic rings. The van der Waals surface area contributed by atoms with Crippen LogP contribution in [0, 0.1) is 11.3 Å². The van der Waals surface area contributed by atoms with Gasteiger partial charge in [-0.05, 0) is 32.6 Å². The summed E-state index contributed by atoms with van der Waals surface area (Å²) >= 11 is 0. The van der Waals surface area contributed by atoms with Gasteiger partial charge >= 0.3 is 5.97 Å². The summed E-state index contributed by atoms with van der Waals surface area (Å²) in [7, 11) is 0. The number of rotatable bonds is 8. The van der Waals surface area contributed by atoms with E-state index in [2.05, 4.69) is 13.8 Å². The van der Waals surface area contributed by atoms with E-state index in [1.54, 1.807) is 0 Å². The molecule has 0 amide bonds. The summed E-state index contributed by atoms with van der Waals surface area (Å²) < 4.78 is 5.24. The van der Waals surface area contributed by atoms with Gasteiger partial charge in [0, 0.05) is 0 Å². The molecule has 16 heavy (non-hydrogen) atoms. The van der Waals surface area contributed by atoms with Gasteiger partial charge in [0.15, 0.2) is 0 Å². The van der Waals surface area contributed by atoms with Crippen molar-refractivity contribution in [3.05, 3.63) is 0 Å². The third-order valence-electron chi connectivity index (χ3n) is 3.44. The standard InChI is InChI=1S/C14H28O2/c1-6-8-9-10-12(3)14(4,5)13(15)16-11-7-2/h12H,6-11H2,1-5H3. The summed E-state index contributed by atoms with van der Waals surface area (Å²) in [5.74, 6) is 0.349. The first kappa shape index (κ1) is 15.5. The highest BCUT2D eigenvalue weighted by molar-refractivity contribution is 5.76. The van der Waals surface area contributed by atoms with Gasteiger partial charge in [-0.15, -0.1) is 0 Å². The Hall–Kier alpha value is -0.530. The second-order valence-corrected chi connectivity index (χ2v) is 5.25. The van der Waals surface area contributed by atoms with Crippen LogP contribution in [0.5, 0.6) is 0 Å². The maximum absolute atomic E-state index is 11.9. The SMILES string of the molecule is CCCCCC(C)C(C)(C)C(=O)OCCC. The van der Waals surface area contributed by atoms with Gasteiger partial charge in [0.2, 0.25) is 0 Å². The Morgan fingerprint density at radius 2 is 1.81 bits per heavy atom. The number of hydrogen-bond acceptors (Lipinski definition) is 2. The topological polar surface area (TPSA) is 26.3 Å². The first-order chi connectivity index (χ1) is 7.46. The molecule has 0 bridgehead atoms. The van der Waals surface area contributed by atoms with Crippen molar-refractivity contribution in [2.24, 2.45) is 11.3 Å². The fraction of sp³-hybridized carbons (Fsp3) is 0.929. The van der Waals surface area contributed by atoms with Crippen LogP contribution < -0.4 is 0 Å². The number of hydrogen-bond donors (Lipinski definition) is 0. The Morgan fingerprint density at radius 1 is 1.19 bits per heavy atom. The molecule has 1 atom stereocenters. The highest BCUT2D eigenvalue weighted by Gasteiger charge is 2.34. The van der Waals surface area contributed by atoms with Gasteiger partial charge in [-0.25, -0.2) is 0 Å². The summed E-state index contributed by atoms with van der Waals surface area (Å²) in [6.07, 6.45) is 5.70. The van der Waals surface area contributed by atoms with Crippen LogP contribution in [-0.2, 0) is 9.53 Å². The van der Waals surface area contributed by atoms with Crippen molar-refractivity contribution < 1.29 is 9.53 Å². The van der Waals surface area contributed by atoms with E-state index in [0.717, 1.165) is 12.8 Å². The highest BCUT2D eigenvalue weighted by Crippen LogP contribution is 2.32. The van der Waals surface area contributed by atoms with Crippen molar-refractivity contribution in [3.8, 4) is 0 Å². The van der Waals surface area contributed by atoms with E-state index >= 15 is 0 Å². The number of ether oxygens (including phenoxy) is 1. The molecule has 2 nitrogen and oxygen atoms in total. The Balaban J connectivity index is 4.11. The van der Waals surface area contributed by atoms with Crippen molar-refractivity contribution in [1.82, 2.24) is 0 Å². The van der Waals surface area contributed by atoms with Crippen LogP contribution >= 0.6 is 0 Å². The van der Waals surface area contributed by atoms with Crippen molar-refractivity contribution in [2.75, 3.05) is 6.61 Å². The number of esters is 1. The van der Waals surface area contributed by atoms with Crippen molar-refractivity contribution in [3.63, 3.8) is 0 Å². The van der Waals surface area contributed by atoms with Crippen LogP contribution in [0.15, 0.2) is 0 Å². The minimum Gasteiger partial charge on any atom is -0.465 e. The molecule has 0 saturated heterocycles. The molecule has 0 saturated carbocycles. The maximum Gasteiger partial charge on any atom is 0.311 e. The van der Waals surface area contributed by atoms with Crippen LogP contribution in [0.1, 0.15) is 66.7 Å². The summed E-state index contributed by atoms with van der Waals surface area (Å²) in [6.45, 7) is 10.9. The third kappa shape index (κ3) is 5.00. The smallest absolute Gasteiger partial charge is 0.311 e. The molecule has 0 aromatic heterocycles. The Labute approximate surface area is 101 Å². The summed E-state index contributed by atoms with van der Waals surface area (Å²) in [6, 6.07) is 0. The molecule has 0 heterocycles.